The quantitative estimate of drug-likeness (QED) is 0.807. The highest BCUT2D eigenvalue weighted by atomic mass is 16.7. The maximum Gasteiger partial charge on any atom is 0.199 e. The summed E-state index contributed by atoms with van der Waals surface area (Å²) in [6, 6.07) is 7.67. The van der Waals surface area contributed by atoms with Gasteiger partial charge in [-0.15, -0.1) is 0 Å². The van der Waals surface area contributed by atoms with Crippen molar-refractivity contribution in [3.05, 3.63) is 24.3 Å². The molecular weight excluding hydrogens is 272 g/mol. The normalized spacial score (nSPS) is 23.1. The molecule has 1 aromatic carbocycles. The lowest BCUT2D eigenvalue weighted by atomic mass is 10.2. The third kappa shape index (κ3) is 4.59. The van der Waals surface area contributed by atoms with Crippen LogP contribution in [-0.4, -0.2) is 39.0 Å². The van der Waals surface area contributed by atoms with E-state index in [1.807, 2.05) is 24.3 Å². The Morgan fingerprint density at radius 2 is 1.86 bits per heavy atom. The minimum atomic E-state index is -0.130. The number of hydrogen-bond acceptors (Lipinski definition) is 5. The molecule has 0 amide bonds. The van der Waals surface area contributed by atoms with Crippen molar-refractivity contribution >= 4 is 0 Å². The molecule has 1 atom stereocenters. The lowest BCUT2D eigenvalue weighted by Gasteiger charge is -2.23. The minimum absolute atomic E-state index is 0.125. The minimum Gasteiger partial charge on any atom is -0.493 e. The summed E-state index contributed by atoms with van der Waals surface area (Å²) in [7, 11) is 0. The Morgan fingerprint density at radius 3 is 2.67 bits per heavy atom. The van der Waals surface area contributed by atoms with Crippen molar-refractivity contribution in [2.24, 2.45) is 0 Å². The van der Waals surface area contributed by atoms with Crippen molar-refractivity contribution in [3.63, 3.8) is 0 Å². The van der Waals surface area contributed by atoms with Gasteiger partial charge < -0.3 is 23.7 Å². The molecule has 2 saturated heterocycles. The van der Waals surface area contributed by atoms with Gasteiger partial charge in [0.05, 0.1) is 26.4 Å². The van der Waals surface area contributed by atoms with Gasteiger partial charge in [-0.3, -0.25) is 0 Å². The van der Waals surface area contributed by atoms with Gasteiger partial charge in [-0.05, 0) is 25.0 Å². The third-order valence-electron chi connectivity index (χ3n) is 3.52. The lowest BCUT2D eigenvalue weighted by molar-refractivity contribution is -0.105. The average Bonchev–Trinajstić information content (AvgIpc) is 3.02. The molecule has 21 heavy (non-hydrogen) atoms. The SMILES string of the molecule is c1cc(OCCC2OCCO2)cc(OC2CCCCO2)c1. The van der Waals surface area contributed by atoms with Crippen LogP contribution in [0.1, 0.15) is 25.7 Å². The van der Waals surface area contributed by atoms with Crippen LogP contribution in [0.2, 0.25) is 0 Å². The highest BCUT2D eigenvalue weighted by molar-refractivity contribution is 5.33. The van der Waals surface area contributed by atoms with E-state index in [-0.39, 0.29) is 12.6 Å². The van der Waals surface area contributed by atoms with Crippen molar-refractivity contribution in [2.75, 3.05) is 26.4 Å². The largest absolute Gasteiger partial charge is 0.493 e. The maximum atomic E-state index is 5.82. The number of ether oxygens (including phenoxy) is 5. The smallest absolute Gasteiger partial charge is 0.199 e. The van der Waals surface area contributed by atoms with Crippen LogP contribution in [0.5, 0.6) is 11.5 Å². The van der Waals surface area contributed by atoms with Crippen LogP contribution in [0.3, 0.4) is 0 Å². The molecular formula is C16H22O5. The molecule has 0 spiro atoms. The first-order valence-corrected chi connectivity index (χ1v) is 7.64. The van der Waals surface area contributed by atoms with Gasteiger partial charge in [0.25, 0.3) is 0 Å². The van der Waals surface area contributed by atoms with Crippen LogP contribution in [0.4, 0.5) is 0 Å². The summed E-state index contributed by atoms with van der Waals surface area (Å²) in [5, 5.41) is 0. The van der Waals surface area contributed by atoms with Gasteiger partial charge >= 0.3 is 0 Å². The van der Waals surface area contributed by atoms with Crippen molar-refractivity contribution in [2.45, 2.75) is 38.3 Å². The van der Waals surface area contributed by atoms with Crippen molar-refractivity contribution in [1.29, 1.82) is 0 Å². The summed E-state index contributed by atoms with van der Waals surface area (Å²) in [6.07, 6.45) is 3.70. The van der Waals surface area contributed by atoms with Crippen LogP contribution < -0.4 is 9.47 Å². The summed E-state index contributed by atoms with van der Waals surface area (Å²) in [5.41, 5.74) is 0. The van der Waals surface area contributed by atoms with Crippen LogP contribution in [0.15, 0.2) is 24.3 Å². The first-order valence-electron chi connectivity index (χ1n) is 7.64. The fourth-order valence-electron chi connectivity index (χ4n) is 2.44. The molecule has 2 heterocycles. The monoisotopic (exact) mass is 294 g/mol. The summed E-state index contributed by atoms with van der Waals surface area (Å²) in [6.45, 7) is 2.70. The molecule has 0 radical (unpaired) electrons. The standard InChI is InChI=1S/C16H22O5/c1-2-8-18-16(6-1)21-14-5-3-4-13(12-14)17-9-7-15-19-10-11-20-15/h3-5,12,15-16H,1-2,6-11H2. The Labute approximate surface area is 125 Å². The number of rotatable bonds is 6. The predicted octanol–water partition coefficient (Wildman–Crippen LogP) is 2.73. The molecule has 1 unspecified atom stereocenters. The van der Waals surface area contributed by atoms with E-state index in [2.05, 4.69) is 0 Å². The molecule has 0 N–H and O–H groups in total. The zero-order valence-electron chi connectivity index (χ0n) is 12.2. The van der Waals surface area contributed by atoms with Gasteiger partial charge in [0, 0.05) is 18.9 Å². The van der Waals surface area contributed by atoms with Gasteiger partial charge in [-0.2, -0.15) is 0 Å². The van der Waals surface area contributed by atoms with Crippen molar-refractivity contribution < 1.29 is 23.7 Å². The molecule has 0 aliphatic carbocycles. The van der Waals surface area contributed by atoms with Gasteiger partial charge in [0.15, 0.2) is 12.6 Å². The molecule has 0 aromatic heterocycles. The summed E-state index contributed by atoms with van der Waals surface area (Å²) in [4.78, 5) is 0. The van der Waals surface area contributed by atoms with Crippen LogP contribution in [0.25, 0.3) is 0 Å². The molecule has 116 valence electrons. The highest BCUT2D eigenvalue weighted by Crippen LogP contribution is 2.23. The molecule has 5 nitrogen and oxygen atoms in total. The van der Waals surface area contributed by atoms with E-state index in [1.165, 1.54) is 0 Å². The molecule has 2 aliphatic heterocycles. The van der Waals surface area contributed by atoms with Gasteiger partial charge in [-0.1, -0.05) is 6.07 Å². The van der Waals surface area contributed by atoms with E-state index in [1.54, 1.807) is 0 Å². The second-order valence-electron chi connectivity index (χ2n) is 5.20. The Morgan fingerprint density at radius 1 is 1.00 bits per heavy atom. The van der Waals surface area contributed by atoms with E-state index in [0.717, 1.165) is 43.8 Å². The first kappa shape index (κ1) is 14.6. The molecule has 5 heteroatoms. The first-order chi connectivity index (χ1) is 10.4. The third-order valence-corrected chi connectivity index (χ3v) is 3.52. The van der Waals surface area contributed by atoms with E-state index < -0.39 is 0 Å². The Balaban J connectivity index is 1.45. The number of hydrogen-bond donors (Lipinski definition) is 0. The van der Waals surface area contributed by atoms with Crippen LogP contribution in [0, 0.1) is 0 Å². The predicted molar refractivity (Wildman–Crippen MR) is 76.5 cm³/mol. The number of benzene rings is 1. The fourth-order valence-corrected chi connectivity index (χ4v) is 2.44. The van der Waals surface area contributed by atoms with Gasteiger partial charge in [-0.25, -0.2) is 0 Å². The molecule has 2 aliphatic rings. The molecule has 0 bridgehead atoms. The Hall–Kier alpha value is -1.30. The van der Waals surface area contributed by atoms with E-state index >= 15 is 0 Å². The zero-order valence-corrected chi connectivity index (χ0v) is 12.2. The van der Waals surface area contributed by atoms with Crippen LogP contribution >= 0.6 is 0 Å². The average molecular weight is 294 g/mol. The van der Waals surface area contributed by atoms with Crippen molar-refractivity contribution in [1.82, 2.24) is 0 Å². The van der Waals surface area contributed by atoms with Crippen LogP contribution in [-0.2, 0) is 14.2 Å². The fraction of sp³-hybridized carbons (Fsp3) is 0.625. The lowest BCUT2D eigenvalue weighted by Crippen LogP contribution is -2.24. The van der Waals surface area contributed by atoms with E-state index in [4.69, 9.17) is 23.7 Å². The van der Waals surface area contributed by atoms with E-state index in [0.29, 0.717) is 19.8 Å². The highest BCUT2D eigenvalue weighted by Gasteiger charge is 2.16. The second kappa shape index (κ2) is 7.64. The summed E-state index contributed by atoms with van der Waals surface area (Å²) in [5.74, 6) is 1.58. The maximum absolute atomic E-state index is 5.82. The Kier molecular flexibility index (Phi) is 5.32. The molecule has 2 fully saturated rings. The van der Waals surface area contributed by atoms with Gasteiger partial charge in [0.2, 0.25) is 0 Å². The molecule has 3 rings (SSSR count). The zero-order chi connectivity index (χ0) is 14.3. The topological polar surface area (TPSA) is 46.2 Å². The Bertz CT molecular complexity index is 424. The molecule has 1 aromatic rings. The molecule has 0 saturated carbocycles. The second-order valence-corrected chi connectivity index (χ2v) is 5.20. The summed E-state index contributed by atoms with van der Waals surface area (Å²) >= 11 is 0. The van der Waals surface area contributed by atoms with Gasteiger partial charge in [0.1, 0.15) is 11.5 Å². The summed E-state index contributed by atoms with van der Waals surface area (Å²) < 4.78 is 27.9. The van der Waals surface area contributed by atoms with Crippen molar-refractivity contribution in [3.8, 4) is 11.5 Å². The van der Waals surface area contributed by atoms with E-state index in [9.17, 15) is 0 Å².